The molecule has 0 fully saturated rings. The summed E-state index contributed by atoms with van der Waals surface area (Å²) in [5, 5.41) is 0. The lowest BCUT2D eigenvalue weighted by Gasteiger charge is -2.20. The van der Waals surface area contributed by atoms with Gasteiger partial charge in [-0.15, -0.1) is 0 Å². The van der Waals surface area contributed by atoms with Crippen LogP contribution in [0.4, 0.5) is 0 Å². The largest absolute Gasteiger partial charge is 0.381 e. The van der Waals surface area contributed by atoms with Gasteiger partial charge in [0.1, 0.15) is 5.78 Å². The highest BCUT2D eigenvalue weighted by Crippen LogP contribution is 1.95. The molecule has 0 amide bonds. The maximum atomic E-state index is 10.6. The van der Waals surface area contributed by atoms with E-state index in [1.165, 1.54) is 0 Å². The summed E-state index contributed by atoms with van der Waals surface area (Å²) in [6.45, 7) is 8.33. The van der Waals surface area contributed by atoms with E-state index >= 15 is 0 Å². The van der Waals surface area contributed by atoms with Gasteiger partial charge in [0.15, 0.2) is 0 Å². The van der Waals surface area contributed by atoms with Gasteiger partial charge in [-0.05, 0) is 34.2 Å². The second-order valence-corrected chi connectivity index (χ2v) is 3.99. The van der Waals surface area contributed by atoms with Gasteiger partial charge in [-0.25, -0.2) is 0 Å². The average Bonchev–Trinajstić information content (AvgIpc) is 2.09. The summed E-state index contributed by atoms with van der Waals surface area (Å²) >= 11 is 0. The highest BCUT2D eigenvalue weighted by atomic mass is 16.5. The van der Waals surface area contributed by atoms with Crippen molar-refractivity contribution in [1.29, 1.82) is 0 Å². The first kappa shape index (κ1) is 13.6. The van der Waals surface area contributed by atoms with Crippen molar-refractivity contribution in [3.8, 4) is 0 Å². The number of carbonyl (C=O) groups is 1. The van der Waals surface area contributed by atoms with E-state index in [4.69, 9.17) is 4.74 Å². The lowest BCUT2D eigenvalue weighted by atomic mass is 10.3. The van der Waals surface area contributed by atoms with Crippen LogP contribution in [-0.4, -0.2) is 43.5 Å². The van der Waals surface area contributed by atoms with Crippen molar-refractivity contribution in [1.82, 2.24) is 4.90 Å². The zero-order valence-corrected chi connectivity index (χ0v) is 9.88. The molecule has 84 valence electrons. The van der Waals surface area contributed by atoms with Crippen molar-refractivity contribution < 1.29 is 9.53 Å². The fourth-order valence-corrected chi connectivity index (χ4v) is 0.992. The Balaban J connectivity index is 3.17. The molecule has 0 unspecified atom stereocenters. The monoisotopic (exact) mass is 201 g/mol. The van der Waals surface area contributed by atoms with Crippen LogP contribution in [0, 0.1) is 0 Å². The number of hydrogen-bond acceptors (Lipinski definition) is 3. The number of ether oxygens (including phenoxy) is 1. The summed E-state index contributed by atoms with van der Waals surface area (Å²) in [5.74, 6) is 0.198. The summed E-state index contributed by atoms with van der Waals surface area (Å²) in [7, 11) is 2.11. The maximum Gasteiger partial charge on any atom is 0.132 e. The Bertz CT molecular complexity index is 157. The highest BCUT2D eigenvalue weighted by Gasteiger charge is 2.01. The van der Waals surface area contributed by atoms with Crippen LogP contribution in [0.2, 0.25) is 0 Å². The third-order valence-corrected chi connectivity index (χ3v) is 2.28. The predicted molar refractivity (Wildman–Crippen MR) is 58.5 cm³/mol. The summed E-state index contributed by atoms with van der Waals surface area (Å²) in [4.78, 5) is 12.9. The zero-order chi connectivity index (χ0) is 11.0. The molecular formula is C11H23NO2. The number of Topliss-reactive ketones (excluding diaryl/α,β-unsaturated/α-hetero) is 1. The third-order valence-electron chi connectivity index (χ3n) is 2.28. The van der Waals surface area contributed by atoms with Crippen LogP contribution in [0.25, 0.3) is 0 Å². The first-order valence-corrected chi connectivity index (χ1v) is 5.31. The van der Waals surface area contributed by atoms with Gasteiger partial charge in [-0.2, -0.15) is 0 Å². The lowest BCUT2D eigenvalue weighted by molar-refractivity contribution is -0.118. The molecule has 0 spiro atoms. The maximum absolute atomic E-state index is 10.6. The average molecular weight is 201 g/mol. The van der Waals surface area contributed by atoms with Crippen LogP contribution in [0.3, 0.4) is 0 Å². The Morgan fingerprint density at radius 3 is 2.50 bits per heavy atom. The van der Waals surface area contributed by atoms with Gasteiger partial charge >= 0.3 is 0 Å². The molecule has 0 rings (SSSR count). The molecule has 3 heteroatoms. The quantitative estimate of drug-likeness (QED) is 0.560. The van der Waals surface area contributed by atoms with E-state index in [0.717, 1.165) is 19.6 Å². The Hall–Kier alpha value is -0.410. The summed E-state index contributed by atoms with van der Waals surface area (Å²) in [6.07, 6.45) is 1.58. The molecule has 0 aromatic rings. The normalized spacial score (nSPS) is 11.3. The number of nitrogens with zero attached hydrogens (tertiary/aromatic N) is 1. The molecule has 14 heavy (non-hydrogen) atoms. The molecule has 0 heterocycles. The lowest BCUT2D eigenvalue weighted by Crippen LogP contribution is -2.27. The second-order valence-electron chi connectivity index (χ2n) is 3.99. The van der Waals surface area contributed by atoms with Gasteiger partial charge < -0.3 is 9.64 Å². The van der Waals surface area contributed by atoms with E-state index in [-0.39, 0.29) is 5.78 Å². The van der Waals surface area contributed by atoms with Gasteiger partial charge in [-0.1, -0.05) is 0 Å². The molecule has 0 radical (unpaired) electrons. The topological polar surface area (TPSA) is 29.5 Å². The van der Waals surface area contributed by atoms with Crippen LogP contribution >= 0.6 is 0 Å². The van der Waals surface area contributed by atoms with Crippen molar-refractivity contribution in [2.24, 2.45) is 0 Å². The first-order valence-electron chi connectivity index (χ1n) is 5.31. The van der Waals surface area contributed by atoms with E-state index in [1.54, 1.807) is 6.92 Å². The summed E-state index contributed by atoms with van der Waals surface area (Å²) < 4.78 is 5.33. The Kier molecular flexibility index (Phi) is 7.71. The van der Waals surface area contributed by atoms with Crippen molar-refractivity contribution in [3.63, 3.8) is 0 Å². The number of carbonyl (C=O) groups excluding carboxylic acids is 1. The SMILES string of the molecule is CC(=O)CCOCCCN(C)C(C)C. The van der Waals surface area contributed by atoms with E-state index < -0.39 is 0 Å². The minimum Gasteiger partial charge on any atom is -0.381 e. The molecule has 0 aliphatic heterocycles. The third kappa shape index (κ3) is 8.20. The molecule has 0 aromatic carbocycles. The van der Waals surface area contributed by atoms with Crippen LogP contribution in [-0.2, 0) is 9.53 Å². The minimum absolute atomic E-state index is 0.198. The fourth-order valence-electron chi connectivity index (χ4n) is 0.992. The standard InChI is InChI=1S/C11H23NO2/c1-10(2)12(4)7-5-8-14-9-6-11(3)13/h10H,5-9H2,1-4H3. The molecule has 0 atom stereocenters. The molecular weight excluding hydrogens is 178 g/mol. The van der Waals surface area contributed by atoms with E-state index in [2.05, 4.69) is 25.8 Å². The summed E-state index contributed by atoms with van der Waals surface area (Å²) in [6, 6.07) is 0.590. The Morgan fingerprint density at radius 2 is 2.00 bits per heavy atom. The number of ketones is 1. The van der Waals surface area contributed by atoms with Crippen LogP contribution < -0.4 is 0 Å². The second kappa shape index (κ2) is 7.94. The van der Waals surface area contributed by atoms with Gasteiger partial charge in [-0.3, -0.25) is 4.79 Å². The number of rotatable bonds is 8. The molecule has 3 nitrogen and oxygen atoms in total. The predicted octanol–water partition coefficient (Wildman–Crippen LogP) is 1.71. The Labute approximate surface area is 87.4 Å². The van der Waals surface area contributed by atoms with Crippen molar-refractivity contribution in [2.75, 3.05) is 26.8 Å². The first-order chi connectivity index (χ1) is 6.54. The van der Waals surface area contributed by atoms with Crippen LogP contribution in [0.15, 0.2) is 0 Å². The minimum atomic E-state index is 0.198. The molecule has 0 saturated heterocycles. The van der Waals surface area contributed by atoms with Crippen molar-refractivity contribution >= 4 is 5.78 Å². The highest BCUT2D eigenvalue weighted by molar-refractivity contribution is 5.75. The molecule has 0 aliphatic carbocycles. The van der Waals surface area contributed by atoms with Gasteiger partial charge in [0.25, 0.3) is 0 Å². The van der Waals surface area contributed by atoms with Crippen molar-refractivity contribution in [3.05, 3.63) is 0 Å². The van der Waals surface area contributed by atoms with E-state index in [9.17, 15) is 4.79 Å². The molecule has 0 saturated carbocycles. The molecule has 0 N–H and O–H groups in total. The zero-order valence-electron chi connectivity index (χ0n) is 9.88. The van der Waals surface area contributed by atoms with Crippen LogP contribution in [0.1, 0.15) is 33.6 Å². The Morgan fingerprint density at radius 1 is 1.36 bits per heavy atom. The molecule has 0 aromatic heterocycles. The molecule has 0 aliphatic rings. The number of hydrogen-bond donors (Lipinski definition) is 0. The fraction of sp³-hybridized carbons (Fsp3) is 0.909. The van der Waals surface area contributed by atoms with Gasteiger partial charge in [0, 0.05) is 25.6 Å². The van der Waals surface area contributed by atoms with E-state index in [0.29, 0.717) is 19.1 Å². The van der Waals surface area contributed by atoms with Crippen LogP contribution in [0.5, 0.6) is 0 Å². The van der Waals surface area contributed by atoms with Gasteiger partial charge in [0.2, 0.25) is 0 Å². The van der Waals surface area contributed by atoms with E-state index in [1.807, 2.05) is 0 Å². The summed E-state index contributed by atoms with van der Waals surface area (Å²) in [5.41, 5.74) is 0. The smallest absolute Gasteiger partial charge is 0.132 e. The van der Waals surface area contributed by atoms with Crippen molar-refractivity contribution in [2.45, 2.75) is 39.7 Å². The molecule has 0 bridgehead atoms. The van der Waals surface area contributed by atoms with Gasteiger partial charge in [0.05, 0.1) is 6.61 Å².